The first-order valence-electron chi connectivity index (χ1n) is 7.77. The number of hydrogen-bond donors (Lipinski definition) is 1. The summed E-state index contributed by atoms with van der Waals surface area (Å²) in [7, 11) is 0. The van der Waals surface area contributed by atoms with E-state index in [2.05, 4.69) is 35.9 Å². The van der Waals surface area contributed by atoms with Crippen LogP contribution >= 0.6 is 11.6 Å². The monoisotopic (exact) mass is 347 g/mol. The number of halogens is 1. The summed E-state index contributed by atoms with van der Waals surface area (Å²) in [6.45, 7) is 8.21. The Hall–Kier alpha value is -2.27. The van der Waals surface area contributed by atoms with Crippen LogP contribution in [0.5, 0.6) is 5.75 Å². The van der Waals surface area contributed by atoms with E-state index in [1.54, 1.807) is 30.5 Å². The second kappa shape index (κ2) is 8.02. The number of hydrazone groups is 1. The third kappa shape index (κ3) is 4.38. The number of amides is 1. The molecule has 0 saturated carbocycles. The van der Waals surface area contributed by atoms with Crippen molar-refractivity contribution in [3.05, 3.63) is 52.3 Å². The predicted molar refractivity (Wildman–Crippen MR) is 97.0 cm³/mol. The average Bonchev–Trinajstić information content (AvgIpc) is 2.80. The van der Waals surface area contributed by atoms with E-state index in [0.29, 0.717) is 16.8 Å². The van der Waals surface area contributed by atoms with Gasteiger partial charge in [-0.25, -0.2) is 5.43 Å². The van der Waals surface area contributed by atoms with Crippen LogP contribution in [0.3, 0.4) is 0 Å². The number of nitrogens with zero attached hydrogens (tertiary/aromatic N) is 2. The summed E-state index contributed by atoms with van der Waals surface area (Å²) in [4.78, 5) is 11.8. The van der Waals surface area contributed by atoms with Gasteiger partial charge in [-0.1, -0.05) is 23.7 Å². The fraction of sp³-hybridized carbons (Fsp3) is 0.333. The summed E-state index contributed by atoms with van der Waals surface area (Å²) in [5.41, 5.74) is 5.72. The fourth-order valence-electron chi connectivity index (χ4n) is 2.64. The maximum absolute atomic E-state index is 11.8. The van der Waals surface area contributed by atoms with Crippen molar-refractivity contribution in [3.63, 3.8) is 0 Å². The number of nitrogens with one attached hydrogen (secondary N) is 1. The van der Waals surface area contributed by atoms with Gasteiger partial charge in [-0.15, -0.1) is 0 Å². The Bertz CT molecular complexity index is 751. The van der Waals surface area contributed by atoms with Gasteiger partial charge in [0.2, 0.25) is 0 Å². The third-order valence-electron chi connectivity index (χ3n) is 3.63. The van der Waals surface area contributed by atoms with E-state index < -0.39 is 0 Å². The van der Waals surface area contributed by atoms with E-state index in [-0.39, 0.29) is 12.5 Å². The van der Waals surface area contributed by atoms with Crippen molar-refractivity contribution in [3.8, 4) is 5.75 Å². The number of hydrogen-bond acceptors (Lipinski definition) is 3. The number of rotatable bonds is 6. The summed E-state index contributed by atoms with van der Waals surface area (Å²) in [5, 5.41) is 4.47. The second-order valence-electron chi connectivity index (χ2n) is 5.80. The van der Waals surface area contributed by atoms with E-state index in [1.165, 1.54) is 0 Å². The molecule has 128 valence electrons. The molecule has 0 aliphatic rings. The van der Waals surface area contributed by atoms with Crippen LogP contribution in [0, 0.1) is 13.8 Å². The molecule has 0 fully saturated rings. The molecule has 6 heteroatoms. The number of para-hydroxylation sites is 1. The van der Waals surface area contributed by atoms with Gasteiger partial charge >= 0.3 is 0 Å². The number of carbonyl (C=O) groups excluding carboxylic acids is 1. The molecule has 0 unspecified atom stereocenters. The van der Waals surface area contributed by atoms with Crippen molar-refractivity contribution < 1.29 is 9.53 Å². The third-order valence-corrected chi connectivity index (χ3v) is 3.94. The molecule has 0 spiro atoms. The van der Waals surface area contributed by atoms with Crippen molar-refractivity contribution in [2.24, 2.45) is 5.10 Å². The molecule has 0 aliphatic heterocycles. The fourth-order valence-corrected chi connectivity index (χ4v) is 2.83. The standard InChI is InChI=1S/C18H22ClN3O2/c1-12(2)22-13(3)9-15(14(22)4)10-20-21-18(23)11-24-17-8-6-5-7-16(17)19/h5-10,12H,11H2,1-4H3,(H,21,23)/b20-10-. The Kier molecular flexibility index (Phi) is 6.04. The highest BCUT2D eigenvalue weighted by Gasteiger charge is 2.10. The highest BCUT2D eigenvalue weighted by molar-refractivity contribution is 6.32. The summed E-state index contributed by atoms with van der Waals surface area (Å²) in [5.74, 6) is 0.127. The topological polar surface area (TPSA) is 55.6 Å². The molecule has 2 rings (SSSR count). The Morgan fingerprint density at radius 1 is 1.38 bits per heavy atom. The first kappa shape index (κ1) is 18.1. The lowest BCUT2D eigenvalue weighted by atomic mass is 10.2. The normalized spacial score (nSPS) is 11.2. The van der Waals surface area contributed by atoms with Gasteiger partial charge in [0.05, 0.1) is 11.2 Å². The number of carbonyl (C=O) groups is 1. The van der Waals surface area contributed by atoms with Crippen LogP contribution in [0.1, 0.15) is 36.8 Å². The van der Waals surface area contributed by atoms with E-state index in [0.717, 1.165) is 17.0 Å². The highest BCUT2D eigenvalue weighted by Crippen LogP contribution is 2.22. The Labute approximate surface area is 147 Å². The summed E-state index contributed by atoms with van der Waals surface area (Å²) < 4.78 is 7.58. The molecule has 1 amide bonds. The number of ether oxygens (including phenoxy) is 1. The average molecular weight is 348 g/mol. The van der Waals surface area contributed by atoms with E-state index in [4.69, 9.17) is 16.3 Å². The maximum atomic E-state index is 11.8. The van der Waals surface area contributed by atoms with Gasteiger partial charge in [0.25, 0.3) is 5.91 Å². The number of aromatic nitrogens is 1. The summed E-state index contributed by atoms with van der Waals surface area (Å²) in [6, 6.07) is 9.43. The lowest BCUT2D eigenvalue weighted by molar-refractivity contribution is -0.123. The minimum absolute atomic E-state index is 0.147. The van der Waals surface area contributed by atoms with Crippen LogP contribution in [-0.2, 0) is 4.79 Å². The molecule has 0 bridgehead atoms. The van der Waals surface area contributed by atoms with Crippen molar-refractivity contribution in [1.29, 1.82) is 0 Å². The van der Waals surface area contributed by atoms with Crippen molar-refractivity contribution in [1.82, 2.24) is 9.99 Å². The second-order valence-corrected chi connectivity index (χ2v) is 6.21. The van der Waals surface area contributed by atoms with Gasteiger partial charge in [0.1, 0.15) is 5.75 Å². The quantitative estimate of drug-likeness (QED) is 0.637. The lowest BCUT2D eigenvalue weighted by Crippen LogP contribution is -2.24. The zero-order chi connectivity index (χ0) is 17.7. The van der Waals surface area contributed by atoms with Crippen LogP contribution in [0.25, 0.3) is 0 Å². The van der Waals surface area contributed by atoms with Crippen LogP contribution in [0.2, 0.25) is 5.02 Å². The molecule has 0 aliphatic carbocycles. The van der Waals surface area contributed by atoms with E-state index >= 15 is 0 Å². The van der Waals surface area contributed by atoms with E-state index in [1.807, 2.05) is 13.0 Å². The van der Waals surface area contributed by atoms with Gasteiger partial charge in [-0.3, -0.25) is 4.79 Å². The number of aryl methyl sites for hydroxylation is 1. The van der Waals surface area contributed by atoms with E-state index in [9.17, 15) is 4.79 Å². The molecule has 1 aromatic heterocycles. The molecule has 1 N–H and O–H groups in total. The van der Waals surface area contributed by atoms with Crippen LogP contribution in [0.15, 0.2) is 35.4 Å². The Balaban J connectivity index is 1.91. The Morgan fingerprint density at radius 2 is 2.08 bits per heavy atom. The molecule has 24 heavy (non-hydrogen) atoms. The van der Waals surface area contributed by atoms with Gasteiger partial charge in [0, 0.05) is 23.0 Å². The zero-order valence-electron chi connectivity index (χ0n) is 14.3. The van der Waals surface area contributed by atoms with Gasteiger partial charge in [-0.05, 0) is 45.9 Å². The minimum atomic E-state index is -0.344. The molecule has 5 nitrogen and oxygen atoms in total. The highest BCUT2D eigenvalue weighted by atomic mass is 35.5. The summed E-state index contributed by atoms with van der Waals surface area (Å²) >= 11 is 5.96. The minimum Gasteiger partial charge on any atom is -0.482 e. The zero-order valence-corrected chi connectivity index (χ0v) is 15.1. The Morgan fingerprint density at radius 3 is 2.71 bits per heavy atom. The van der Waals surface area contributed by atoms with Gasteiger partial charge in [-0.2, -0.15) is 5.10 Å². The first-order chi connectivity index (χ1) is 11.4. The largest absolute Gasteiger partial charge is 0.482 e. The van der Waals surface area contributed by atoms with Crippen LogP contribution in [-0.4, -0.2) is 23.3 Å². The first-order valence-corrected chi connectivity index (χ1v) is 8.15. The molecule has 0 saturated heterocycles. The molecule has 1 heterocycles. The lowest BCUT2D eigenvalue weighted by Gasteiger charge is -2.13. The van der Waals surface area contributed by atoms with Gasteiger partial charge in [0.15, 0.2) is 6.61 Å². The van der Waals surface area contributed by atoms with Crippen molar-refractivity contribution >= 4 is 23.7 Å². The molecule has 0 radical (unpaired) electrons. The summed E-state index contributed by atoms with van der Waals surface area (Å²) in [6.07, 6.45) is 1.65. The molecule has 2 aromatic rings. The maximum Gasteiger partial charge on any atom is 0.277 e. The van der Waals surface area contributed by atoms with Gasteiger partial charge < -0.3 is 9.30 Å². The molecule has 1 aromatic carbocycles. The SMILES string of the molecule is Cc1cc(/C=N\NC(=O)COc2ccccc2Cl)c(C)n1C(C)C. The van der Waals surface area contributed by atoms with Crippen LogP contribution in [0.4, 0.5) is 0 Å². The smallest absolute Gasteiger partial charge is 0.277 e. The van der Waals surface area contributed by atoms with Crippen molar-refractivity contribution in [2.75, 3.05) is 6.61 Å². The predicted octanol–water partition coefficient (Wildman–Crippen LogP) is 3.87. The molecular weight excluding hydrogens is 326 g/mol. The number of benzene rings is 1. The molecular formula is C18H22ClN3O2. The van der Waals surface area contributed by atoms with Crippen LogP contribution < -0.4 is 10.2 Å². The molecule has 0 atom stereocenters. The van der Waals surface area contributed by atoms with Crippen molar-refractivity contribution in [2.45, 2.75) is 33.7 Å².